The number of benzene rings is 7. The van der Waals surface area contributed by atoms with Crippen molar-refractivity contribution in [2.24, 2.45) is 0 Å². The molecular weight excluding hydrogens is 592 g/mol. The Morgan fingerprint density at radius 2 is 1.08 bits per heavy atom. The van der Waals surface area contributed by atoms with Crippen LogP contribution < -0.4 is 0 Å². The van der Waals surface area contributed by atoms with E-state index in [-0.39, 0.29) is 0 Å². The minimum atomic E-state index is 0.545. The molecule has 0 spiro atoms. The van der Waals surface area contributed by atoms with Crippen LogP contribution in [0.4, 0.5) is 0 Å². The largest absolute Gasteiger partial charge is 0.456 e. The normalized spacial score (nSPS) is 11.8. The number of para-hydroxylation sites is 1. The zero-order chi connectivity index (χ0) is 31.6. The first-order chi connectivity index (χ1) is 23.7. The molecule has 6 nitrogen and oxygen atoms in total. The molecule has 0 radical (unpaired) electrons. The molecule has 0 aliphatic heterocycles. The number of nitrogens with zero attached hydrogens (tertiary/aromatic N) is 4. The molecule has 224 valence electrons. The summed E-state index contributed by atoms with van der Waals surface area (Å²) in [6.45, 7) is 0. The van der Waals surface area contributed by atoms with E-state index in [2.05, 4.69) is 60.7 Å². The van der Waals surface area contributed by atoms with Gasteiger partial charge >= 0.3 is 0 Å². The van der Waals surface area contributed by atoms with Crippen molar-refractivity contribution < 1.29 is 8.83 Å². The minimum absolute atomic E-state index is 0.545. The molecule has 3 heterocycles. The van der Waals surface area contributed by atoms with Gasteiger partial charge in [-0.2, -0.15) is 0 Å². The van der Waals surface area contributed by atoms with Crippen LogP contribution in [0.1, 0.15) is 0 Å². The van der Waals surface area contributed by atoms with Crippen LogP contribution in [0.25, 0.3) is 100 Å². The van der Waals surface area contributed by atoms with Crippen molar-refractivity contribution in [3.05, 3.63) is 146 Å². The monoisotopic (exact) mass is 616 g/mol. The average Bonchev–Trinajstić information content (AvgIpc) is 3.76. The molecule has 6 heteroatoms. The Kier molecular flexibility index (Phi) is 5.77. The maximum atomic E-state index is 6.49. The number of oxazole rings is 1. The molecule has 0 bridgehead atoms. The molecule has 0 aliphatic rings. The van der Waals surface area contributed by atoms with E-state index in [0.29, 0.717) is 28.9 Å². The second-order valence-electron chi connectivity index (χ2n) is 11.9. The maximum absolute atomic E-state index is 6.49. The highest BCUT2D eigenvalue weighted by molar-refractivity contribution is 6.11. The van der Waals surface area contributed by atoms with Crippen LogP contribution in [-0.2, 0) is 0 Å². The molecule has 0 saturated heterocycles. The Morgan fingerprint density at radius 1 is 0.396 bits per heavy atom. The zero-order valence-electron chi connectivity index (χ0n) is 25.5. The highest BCUT2D eigenvalue weighted by Gasteiger charge is 2.19. The van der Waals surface area contributed by atoms with Gasteiger partial charge < -0.3 is 8.83 Å². The SMILES string of the molecule is c1ccc(-c2nc3ccc4cccc(-c5nc(-c6ccc7ccccc7c6)nc(-c6ccc7c(c6)oc6ccccc67)n5)c4c3o2)cc1. The fraction of sp³-hybridized carbons (Fsp3) is 0. The van der Waals surface area contributed by atoms with E-state index in [1.165, 1.54) is 0 Å². The van der Waals surface area contributed by atoms with Crippen LogP contribution in [0, 0.1) is 0 Å². The van der Waals surface area contributed by atoms with Gasteiger partial charge in [0.2, 0.25) is 5.89 Å². The van der Waals surface area contributed by atoms with E-state index in [1.54, 1.807) is 0 Å². The predicted molar refractivity (Wildman–Crippen MR) is 191 cm³/mol. The summed E-state index contributed by atoms with van der Waals surface area (Å²) in [6.07, 6.45) is 0. The second-order valence-corrected chi connectivity index (χ2v) is 11.9. The van der Waals surface area contributed by atoms with Crippen LogP contribution >= 0.6 is 0 Å². The Labute approximate surface area is 274 Å². The molecule has 0 saturated carbocycles. The molecule has 3 aromatic heterocycles. The second kappa shape index (κ2) is 10.4. The maximum Gasteiger partial charge on any atom is 0.227 e. The van der Waals surface area contributed by atoms with Gasteiger partial charge in [-0.05, 0) is 58.6 Å². The van der Waals surface area contributed by atoms with E-state index >= 15 is 0 Å². The molecule has 48 heavy (non-hydrogen) atoms. The lowest BCUT2D eigenvalue weighted by molar-refractivity contribution is 0.623. The van der Waals surface area contributed by atoms with E-state index < -0.39 is 0 Å². The third-order valence-electron chi connectivity index (χ3n) is 8.94. The van der Waals surface area contributed by atoms with Gasteiger partial charge in [0.05, 0.1) is 0 Å². The van der Waals surface area contributed by atoms with Gasteiger partial charge in [-0.25, -0.2) is 19.9 Å². The van der Waals surface area contributed by atoms with Crippen molar-refractivity contribution in [3.63, 3.8) is 0 Å². The first-order valence-corrected chi connectivity index (χ1v) is 15.8. The van der Waals surface area contributed by atoms with E-state index in [4.69, 9.17) is 28.8 Å². The summed E-state index contributed by atoms with van der Waals surface area (Å²) in [5.74, 6) is 2.25. The molecular formula is C42H24N4O2. The van der Waals surface area contributed by atoms with Gasteiger partial charge in [0, 0.05) is 38.4 Å². The third kappa shape index (κ3) is 4.27. The summed E-state index contributed by atoms with van der Waals surface area (Å²) < 4.78 is 12.7. The Balaban J connectivity index is 1.22. The summed E-state index contributed by atoms with van der Waals surface area (Å²) in [5, 5.41) is 6.31. The lowest BCUT2D eigenvalue weighted by atomic mass is 10.0. The molecule has 0 fully saturated rings. The van der Waals surface area contributed by atoms with Crippen molar-refractivity contribution in [2.75, 3.05) is 0 Å². The Hall–Kier alpha value is -6.66. The molecule has 0 N–H and O–H groups in total. The Bertz CT molecular complexity index is 2850. The Morgan fingerprint density at radius 3 is 1.98 bits per heavy atom. The van der Waals surface area contributed by atoms with Crippen molar-refractivity contribution in [1.82, 2.24) is 19.9 Å². The van der Waals surface area contributed by atoms with Gasteiger partial charge in [-0.1, -0.05) is 103 Å². The van der Waals surface area contributed by atoms with Crippen LogP contribution in [0.2, 0.25) is 0 Å². The minimum Gasteiger partial charge on any atom is -0.456 e. The van der Waals surface area contributed by atoms with Crippen molar-refractivity contribution in [3.8, 4) is 45.6 Å². The molecule has 10 rings (SSSR count). The first-order valence-electron chi connectivity index (χ1n) is 15.8. The molecule has 10 aromatic rings. The summed E-state index contributed by atoms with van der Waals surface area (Å²) in [4.78, 5) is 20.1. The number of fused-ring (bicyclic) bond motifs is 7. The lowest BCUT2D eigenvalue weighted by Gasteiger charge is -2.11. The summed E-state index contributed by atoms with van der Waals surface area (Å²) in [7, 11) is 0. The van der Waals surface area contributed by atoms with Gasteiger partial charge in [0.15, 0.2) is 23.1 Å². The predicted octanol–water partition coefficient (Wildman–Crippen LogP) is 10.9. The van der Waals surface area contributed by atoms with Gasteiger partial charge in [0.1, 0.15) is 16.7 Å². The van der Waals surface area contributed by atoms with Crippen LogP contribution in [0.5, 0.6) is 0 Å². The zero-order valence-corrected chi connectivity index (χ0v) is 25.5. The lowest BCUT2D eigenvalue weighted by Crippen LogP contribution is -2.00. The number of aromatic nitrogens is 4. The van der Waals surface area contributed by atoms with Crippen molar-refractivity contribution in [1.29, 1.82) is 0 Å². The van der Waals surface area contributed by atoms with Crippen LogP contribution in [0.3, 0.4) is 0 Å². The third-order valence-corrected chi connectivity index (χ3v) is 8.94. The fourth-order valence-electron chi connectivity index (χ4n) is 6.59. The van der Waals surface area contributed by atoms with Crippen LogP contribution in [-0.4, -0.2) is 19.9 Å². The quantitative estimate of drug-likeness (QED) is 0.196. The van der Waals surface area contributed by atoms with Gasteiger partial charge in [-0.15, -0.1) is 0 Å². The summed E-state index contributed by atoms with van der Waals surface area (Å²) in [6, 6.07) is 49.0. The van der Waals surface area contributed by atoms with Crippen molar-refractivity contribution in [2.45, 2.75) is 0 Å². The highest BCUT2D eigenvalue weighted by atomic mass is 16.3. The van der Waals surface area contributed by atoms with Gasteiger partial charge in [-0.3, -0.25) is 0 Å². The van der Waals surface area contributed by atoms with Crippen molar-refractivity contribution >= 4 is 54.6 Å². The number of rotatable bonds is 4. The fourth-order valence-corrected chi connectivity index (χ4v) is 6.59. The topological polar surface area (TPSA) is 77.8 Å². The molecule has 0 unspecified atom stereocenters. The van der Waals surface area contributed by atoms with E-state index in [1.807, 2.05) is 84.9 Å². The standard InChI is InChI=1S/C42H24N4O2/c1-2-10-27(11-3-1)42-43-34-22-20-26-13-8-15-33(37(26)38(34)48-42)41-45-39(29-18-17-25-9-4-5-12-28(25)23-29)44-40(46-41)30-19-21-32-31-14-6-7-16-35(31)47-36(32)24-30/h1-24H. The summed E-state index contributed by atoms with van der Waals surface area (Å²) in [5.41, 5.74) is 6.59. The van der Waals surface area contributed by atoms with E-state index in [0.717, 1.165) is 71.3 Å². The van der Waals surface area contributed by atoms with Gasteiger partial charge in [0.25, 0.3) is 0 Å². The molecule has 0 aliphatic carbocycles. The average molecular weight is 617 g/mol. The van der Waals surface area contributed by atoms with E-state index in [9.17, 15) is 0 Å². The first kappa shape index (κ1) is 26.5. The molecule has 7 aromatic carbocycles. The number of furan rings is 1. The summed E-state index contributed by atoms with van der Waals surface area (Å²) >= 11 is 0. The number of hydrogen-bond acceptors (Lipinski definition) is 6. The smallest absolute Gasteiger partial charge is 0.227 e. The number of hydrogen-bond donors (Lipinski definition) is 0. The molecule has 0 atom stereocenters. The molecule has 0 amide bonds. The van der Waals surface area contributed by atoms with Crippen LogP contribution in [0.15, 0.2) is 154 Å². The highest BCUT2D eigenvalue weighted by Crippen LogP contribution is 2.37.